The van der Waals surface area contributed by atoms with E-state index in [1.165, 1.54) is 11.8 Å². The van der Waals surface area contributed by atoms with Crippen molar-refractivity contribution in [2.75, 3.05) is 17.3 Å². The molecule has 1 rings (SSSR count). The molecule has 0 aromatic heterocycles. The summed E-state index contributed by atoms with van der Waals surface area (Å²) < 4.78 is 35.2. The Morgan fingerprint density at radius 3 is 2.65 bits per heavy atom. The molecule has 0 aliphatic carbocycles. The first-order chi connectivity index (χ1) is 7.82. The van der Waals surface area contributed by atoms with Crippen LogP contribution in [0.3, 0.4) is 0 Å². The maximum absolute atomic E-state index is 13.1. The second-order valence-electron chi connectivity index (χ2n) is 3.20. The van der Waals surface area contributed by atoms with Gasteiger partial charge in [-0.25, -0.2) is 17.9 Å². The van der Waals surface area contributed by atoms with Gasteiger partial charge in [-0.15, -0.1) is 0 Å². The van der Waals surface area contributed by atoms with Crippen LogP contribution in [0, 0.1) is 5.82 Å². The Morgan fingerprint density at radius 2 is 2.12 bits per heavy atom. The molecule has 94 valence electrons. The molecule has 0 unspecified atom stereocenters. The van der Waals surface area contributed by atoms with Crippen molar-refractivity contribution in [1.82, 2.24) is 0 Å². The smallest absolute Gasteiger partial charge is 0.238 e. The highest BCUT2D eigenvalue weighted by atomic mass is 32.2. The first-order valence-corrected chi connectivity index (χ1v) is 7.39. The predicted molar refractivity (Wildman–Crippen MR) is 64.8 cm³/mol. The fourth-order valence-electron chi connectivity index (χ4n) is 1.13. The van der Waals surface area contributed by atoms with E-state index in [2.05, 4.69) is 5.32 Å². The van der Waals surface area contributed by atoms with Crippen LogP contribution in [0.5, 0.6) is 0 Å². The van der Waals surface area contributed by atoms with E-state index in [1.54, 1.807) is 6.26 Å². The zero-order valence-corrected chi connectivity index (χ0v) is 10.6. The third-order valence-electron chi connectivity index (χ3n) is 1.76. The Hall–Kier alpha value is -1.12. The highest BCUT2D eigenvalue weighted by Gasteiger charge is 2.12. The minimum atomic E-state index is -3.99. The highest BCUT2D eigenvalue weighted by molar-refractivity contribution is 7.99. The number of halogens is 1. The summed E-state index contributed by atoms with van der Waals surface area (Å²) in [5.41, 5.74) is 0.0630. The van der Waals surface area contributed by atoms with Crippen LogP contribution in [0.1, 0.15) is 0 Å². The molecule has 0 bridgehead atoms. The number of thioether (sulfide) groups is 1. The number of benzene rings is 1. The zero-order valence-electron chi connectivity index (χ0n) is 8.94. The van der Waals surface area contributed by atoms with Crippen LogP contribution in [0.25, 0.3) is 0 Å². The fraction of sp³-hybridized carbons (Fsp3) is 0.222. The second-order valence-corrected chi connectivity index (χ2v) is 5.63. The SMILES string of the molecule is CSCC(=O)Nc1cc(F)cc(S(N)(=O)=O)c1. The van der Waals surface area contributed by atoms with E-state index >= 15 is 0 Å². The quantitative estimate of drug-likeness (QED) is 0.851. The van der Waals surface area contributed by atoms with Crippen molar-refractivity contribution in [1.29, 1.82) is 0 Å². The number of carbonyl (C=O) groups is 1. The predicted octanol–water partition coefficient (Wildman–Crippen LogP) is 0.775. The van der Waals surface area contributed by atoms with Crippen LogP contribution < -0.4 is 10.5 Å². The summed E-state index contributed by atoms with van der Waals surface area (Å²) in [5, 5.41) is 7.25. The third-order valence-corrected chi connectivity index (χ3v) is 3.20. The molecule has 0 spiro atoms. The fourth-order valence-corrected chi connectivity index (χ4v) is 2.03. The van der Waals surface area contributed by atoms with Crippen LogP contribution in [0.2, 0.25) is 0 Å². The molecule has 0 saturated carbocycles. The van der Waals surface area contributed by atoms with Gasteiger partial charge in [0.05, 0.1) is 10.6 Å². The van der Waals surface area contributed by atoms with E-state index in [-0.39, 0.29) is 22.2 Å². The minimum Gasteiger partial charge on any atom is -0.325 e. The van der Waals surface area contributed by atoms with Crippen molar-refractivity contribution in [3.8, 4) is 0 Å². The van der Waals surface area contributed by atoms with Crippen LogP contribution in [-0.2, 0) is 14.8 Å². The summed E-state index contributed by atoms with van der Waals surface area (Å²) in [7, 11) is -3.99. The maximum atomic E-state index is 13.1. The van der Waals surface area contributed by atoms with Gasteiger partial charge in [0.2, 0.25) is 15.9 Å². The topological polar surface area (TPSA) is 89.3 Å². The highest BCUT2D eigenvalue weighted by Crippen LogP contribution is 2.17. The molecule has 3 N–H and O–H groups in total. The summed E-state index contributed by atoms with van der Waals surface area (Å²) >= 11 is 1.29. The third kappa shape index (κ3) is 4.33. The number of rotatable bonds is 4. The molecule has 8 heteroatoms. The van der Waals surface area contributed by atoms with E-state index in [9.17, 15) is 17.6 Å². The number of carbonyl (C=O) groups excluding carboxylic acids is 1. The lowest BCUT2D eigenvalue weighted by Crippen LogP contribution is -2.16. The van der Waals surface area contributed by atoms with Crippen molar-refractivity contribution < 1.29 is 17.6 Å². The van der Waals surface area contributed by atoms with E-state index in [0.29, 0.717) is 0 Å². The number of nitrogens with one attached hydrogen (secondary N) is 1. The average molecular weight is 278 g/mol. The van der Waals surface area contributed by atoms with Gasteiger partial charge in [-0.05, 0) is 24.5 Å². The van der Waals surface area contributed by atoms with Gasteiger partial charge in [0.25, 0.3) is 0 Å². The molecule has 0 fully saturated rings. The number of nitrogens with two attached hydrogens (primary N) is 1. The molecule has 0 saturated heterocycles. The molecule has 0 aliphatic rings. The summed E-state index contributed by atoms with van der Waals surface area (Å²) in [4.78, 5) is 10.9. The van der Waals surface area contributed by atoms with Crippen LogP contribution in [0.15, 0.2) is 23.1 Å². The van der Waals surface area contributed by atoms with Gasteiger partial charge in [0.1, 0.15) is 5.82 Å². The summed E-state index contributed by atoms with van der Waals surface area (Å²) in [6.07, 6.45) is 1.74. The summed E-state index contributed by atoms with van der Waals surface area (Å²) in [6, 6.07) is 2.92. The van der Waals surface area contributed by atoms with Crippen molar-refractivity contribution in [2.45, 2.75) is 4.90 Å². The molecule has 1 amide bonds. The van der Waals surface area contributed by atoms with E-state index in [0.717, 1.165) is 18.2 Å². The Bertz CT molecular complexity index is 531. The van der Waals surface area contributed by atoms with Gasteiger partial charge in [0.15, 0.2) is 0 Å². The lowest BCUT2D eigenvalue weighted by molar-refractivity contribution is -0.113. The van der Waals surface area contributed by atoms with Crippen LogP contribution in [-0.4, -0.2) is 26.3 Å². The molecule has 1 aromatic carbocycles. The average Bonchev–Trinajstić information content (AvgIpc) is 2.15. The van der Waals surface area contributed by atoms with Gasteiger partial charge in [-0.2, -0.15) is 11.8 Å². The first-order valence-electron chi connectivity index (χ1n) is 4.45. The standard InChI is InChI=1S/C9H11FN2O3S2/c1-16-5-9(13)12-7-2-6(10)3-8(4-7)17(11,14)15/h2-4H,5H2,1H3,(H,12,13)(H2,11,14,15). The number of hydrogen-bond donors (Lipinski definition) is 2. The van der Waals surface area contributed by atoms with E-state index in [4.69, 9.17) is 5.14 Å². The second kappa shape index (κ2) is 5.48. The van der Waals surface area contributed by atoms with Gasteiger partial charge in [-0.3, -0.25) is 4.79 Å². The molecular weight excluding hydrogens is 267 g/mol. The Labute approximate surface area is 103 Å². The first kappa shape index (κ1) is 13.9. The largest absolute Gasteiger partial charge is 0.325 e. The van der Waals surface area contributed by atoms with E-state index < -0.39 is 15.8 Å². The molecule has 0 aliphatic heterocycles. The summed E-state index contributed by atoms with van der Waals surface area (Å²) in [5.74, 6) is -0.930. The molecule has 0 atom stereocenters. The van der Waals surface area contributed by atoms with Crippen LogP contribution >= 0.6 is 11.8 Å². The Kier molecular flexibility index (Phi) is 4.49. The van der Waals surface area contributed by atoms with Crippen molar-refractivity contribution in [3.05, 3.63) is 24.0 Å². The molecule has 1 aromatic rings. The lowest BCUT2D eigenvalue weighted by atomic mass is 10.3. The molecule has 5 nitrogen and oxygen atoms in total. The van der Waals surface area contributed by atoms with Gasteiger partial charge in [0, 0.05) is 5.69 Å². The van der Waals surface area contributed by atoms with E-state index in [1.807, 2.05) is 0 Å². The molecule has 0 radical (unpaired) electrons. The lowest BCUT2D eigenvalue weighted by Gasteiger charge is -2.06. The number of hydrogen-bond acceptors (Lipinski definition) is 4. The molecule has 17 heavy (non-hydrogen) atoms. The van der Waals surface area contributed by atoms with Crippen LogP contribution in [0.4, 0.5) is 10.1 Å². The number of sulfonamides is 1. The van der Waals surface area contributed by atoms with Crippen molar-refractivity contribution in [3.63, 3.8) is 0 Å². The summed E-state index contributed by atoms with van der Waals surface area (Å²) in [6.45, 7) is 0. The van der Waals surface area contributed by atoms with Crippen molar-refractivity contribution in [2.24, 2.45) is 5.14 Å². The normalized spacial score (nSPS) is 11.2. The molecule has 0 heterocycles. The van der Waals surface area contributed by atoms with Gasteiger partial charge < -0.3 is 5.32 Å². The molecular formula is C9H11FN2O3S2. The Morgan fingerprint density at radius 1 is 1.47 bits per heavy atom. The maximum Gasteiger partial charge on any atom is 0.238 e. The number of anilines is 1. The number of primary sulfonamides is 1. The van der Waals surface area contributed by atoms with Gasteiger partial charge in [-0.1, -0.05) is 0 Å². The number of amides is 1. The van der Waals surface area contributed by atoms with Gasteiger partial charge >= 0.3 is 0 Å². The van der Waals surface area contributed by atoms with Crippen molar-refractivity contribution >= 4 is 33.4 Å². The zero-order chi connectivity index (χ0) is 13.1. The monoisotopic (exact) mass is 278 g/mol. The minimum absolute atomic E-state index is 0.0630. The Balaban J connectivity index is 3.02.